The number of anilines is 1. The van der Waals surface area contributed by atoms with Crippen molar-refractivity contribution in [3.63, 3.8) is 0 Å². The summed E-state index contributed by atoms with van der Waals surface area (Å²) in [6.07, 6.45) is 4.71. The summed E-state index contributed by atoms with van der Waals surface area (Å²) in [4.78, 5) is 4.33. The highest BCUT2D eigenvalue weighted by atomic mass is 16.5. The van der Waals surface area contributed by atoms with Gasteiger partial charge < -0.3 is 19.1 Å². The second-order valence-corrected chi connectivity index (χ2v) is 4.66. The SMILES string of the molecule is CCOCCCNc1nccn1Cc1c(C)noc1C. The van der Waals surface area contributed by atoms with E-state index in [1.165, 1.54) is 0 Å². The van der Waals surface area contributed by atoms with Crippen molar-refractivity contribution in [1.82, 2.24) is 14.7 Å². The zero-order valence-electron chi connectivity index (χ0n) is 12.3. The minimum atomic E-state index is 0.717. The number of aryl methyl sites for hydroxylation is 2. The van der Waals surface area contributed by atoms with E-state index in [0.29, 0.717) is 0 Å². The van der Waals surface area contributed by atoms with Crippen molar-refractivity contribution in [2.45, 2.75) is 33.7 Å². The van der Waals surface area contributed by atoms with E-state index in [0.717, 1.165) is 55.7 Å². The van der Waals surface area contributed by atoms with Crippen LogP contribution in [-0.4, -0.2) is 34.5 Å². The summed E-state index contributed by atoms with van der Waals surface area (Å²) in [6.45, 7) is 8.99. The normalized spacial score (nSPS) is 10.9. The van der Waals surface area contributed by atoms with Gasteiger partial charge in [-0.25, -0.2) is 4.98 Å². The molecule has 6 heteroatoms. The monoisotopic (exact) mass is 278 g/mol. The van der Waals surface area contributed by atoms with Gasteiger partial charge in [0.2, 0.25) is 5.95 Å². The molecular weight excluding hydrogens is 256 g/mol. The quantitative estimate of drug-likeness (QED) is 0.751. The molecule has 0 saturated heterocycles. The summed E-state index contributed by atoms with van der Waals surface area (Å²) in [5, 5.41) is 7.30. The molecular formula is C14H22N4O2. The molecule has 2 aromatic heterocycles. The molecule has 6 nitrogen and oxygen atoms in total. The summed E-state index contributed by atoms with van der Waals surface area (Å²) < 4.78 is 12.6. The molecule has 1 N–H and O–H groups in total. The smallest absolute Gasteiger partial charge is 0.203 e. The summed E-state index contributed by atoms with van der Waals surface area (Å²) in [5.41, 5.74) is 2.04. The number of imidazole rings is 1. The van der Waals surface area contributed by atoms with Gasteiger partial charge in [-0.05, 0) is 27.2 Å². The summed E-state index contributed by atoms with van der Waals surface area (Å²) in [7, 11) is 0. The summed E-state index contributed by atoms with van der Waals surface area (Å²) in [6, 6.07) is 0. The molecule has 0 atom stereocenters. The van der Waals surface area contributed by atoms with Crippen LogP contribution in [0.4, 0.5) is 5.95 Å². The Kier molecular flexibility index (Phi) is 5.17. The fourth-order valence-corrected chi connectivity index (χ4v) is 2.02. The molecule has 0 unspecified atom stereocenters. The fraction of sp³-hybridized carbons (Fsp3) is 0.571. The van der Waals surface area contributed by atoms with Gasteiger partial charge in [-0.3, -0.25) is 0 Å². The highest BCUT2D eigenvalue weighted by molar-refractivity contribution is 5.29. The Morgan fingerprint density at radius 3 is 2.95 bits per heavy atom. The van der Waals surface area contributed by atoms with E-state index in [1.807, 2.05) is 27.0 Å². The number of nitrogens with zero attached hydrogens (tertiary/aromatic N) is 3. The molecule has 0 bridgehead atoms. The van der Waals surface area contributed by atoms with Crippen LogP contribution in [0.1, 0.15) is 30.4 Å². The minimum Gasteiger partial charge on any atom is -0.382 e. The molecule has 0 aliphatic carbocycles. The maximum absolute atomic E-state index is 5.31. The lowest BCUT2D eigenvalue weighted by Crippen LogP contribution is -2.11. The van der Waals surface area contributed by atoms with Crippen LogP contribution in [0.2, 0.25) is 0 Å². The van der Waals surface area contributed by atoms with E-state index in [2.05, 4.69) is 20.0 Å². The molecule has 0 aliphatic heterocycles. The molecule has 0 aliphatic rings. The maximum Gasteiger partial charge on any atom is 0.203 e. The third kappa shape index (κ3) is 3.60. The first-order chi connectivity index (χ1) is 9.72. The molecule has 20 heavy (non-hydrogen) atoms. The van der Waals surface area contributed by atoms with Gasteiger partial charge in [0.15, 0.2) is 0 Å². The van der Waals surface area contributed by atoms with Crippen molar-refractivity contribution >= 4 is 5.95 Å². The summed E-state index contributed by atoms with van der Waals surface area (Å²) in [5.74, 6) is 1.72. The van der Waals surface area contributed by atoms with E-state index in [1.54, 1.807) is 6.20 Å². The van der Waals surface area contributed by atoms with Gasteiger partial charge in [-0.2, -0.15) is 0 Å². The number of rotatable bonds is 8. The predicted molar refractivity (Wildman–Crippen MR) is 76.9 cm³/mol. The van der Waals surface area contributed by atoms with Crippen molar-refractivity contribution in [1.29, 1.82) is 0 Å². The Morgan fingerprint density at radius 2 is 2.25 bits per heavy atom. The lowest BCUT2D eigenvalue weighted by atomic mass is 10.2. The van der Waals surface area contributed by atoms with Gasteiger partial charge in [0.05, 0.1) is 12.2 Å². The average Bonchev–Trinajstić information content (AvgIpc) is 3.00. The zero-order valence-corrected chi connectivity index (χ0v) is 12.3. The number of nitrogens with one attached hydrogen (secondary N) is 1. The Morgan fingerprint density at radius 1 is 1.40 bits per heavy atom. The first kappa shape index (κ1) is 14.6. The number of ether oxygens (including phenoxy) is 1. The van der Waals surface area contributed by atoms with Crippen LogP contribution in [0.15, 0.2) is 16.9 Å². The summed E-state index contributed by atoms with van der Waals surface area (Å²) >= 11 is 0. The van der Waals surface area contributed by atoms with E-state index in [9.17, 15) is 0 Å². The first-order valence-corrected chi connectivity index (χ1v) is 6.97. The number of hydrogen-bond acceptors (Lipinski definition) is 5. The zero-order chi connectivity index (χ0) is 14.4. The second kappa shape index (κ2) is 7.09. The molecule has 0 saturated carbocycles. The van der Waals surface area contributed by atoms with Crippen LogP contribution in [0.3, 0.4) is 0 Å². The van der Waals surface area contributed by atoms with Crippen molar-refractivity contribution < 1.29 is 9.26 Å². The van der Waals surface area contributed by atoms with E-state index in [4.69, 9.17) is 9.26 Å². The van der Waals surface area contributed by atoms with Crippen molar-refractivity contribution in [2.24, 2.45) is 0 Å². The highest BCUT2D eigenvalue weighted by Crippen LogP contribution is 2.16. The van der Waals surface area contributed by atoms with E-state index < -0.39 is 0 Å². The maximum atomic E-state index is 5.31. The van der Waals surface area contributed by atoms with Crippen LogP contribution in [0.25, 0.3) is 0 Å². The lowest BCUT2D eigenvalue weighted by Gasteiger charge is -2.09. The van der Waals surface area contributed by atoms with Crippen LogP contribution in [0.5, 0.6) is 0 Å². The molecule has 0 spiro atoms. The van der Waals surface area contributed by atoms with Crippen molar-refractivity contribution in [3.8, 4) is 0 Å². The van der Waals surface area contributed by atoms with Gasteiger partial charge in [-0.15, -0.1) is 0 Å². The molecule has 2 aromatic rings. The minimum absolute atomic E-state index is 0.717. The Labute approximate surface area is 119 Å². The van der Waals surface area contributed by atoms with Crippen molar-refractivity contribution in [3.05, 3.63) is 29.4 Å². The molecule has 0 aromatic carbocycles. The highest BCUT2D eigenvalue weighted by Gasteiger charge is 2.11. The van der Waals surface area contributed by atoms with Crippen molar-refractivity contribution in [2.75, 3.05) is 25.1 Å². The molecule has 110 valence electrons. The van der Waals surface area contributed by atoms with Gasteiger partial charge in [0, 0.05) is 37.7 Å². The molecule has 2 rings (SSSR count). The van der Waals surface area contributed by atoms with Gasteiger partial charge in [0.1, 0.15) is 5.76 Å². The Balaban J connectivity index is 1.92. The van der Waals surface area contributed by atoms with Crippen LogP contribution >= 0.6 is 0 Å². The standard InChI is InChI=1S/C14H22N4O2/c1-4-19-9-5-6-15-14-16-7-8-18(14)10-13-11(2)17-20-12(13)3/h7-8H,4-6,9-10H2,1-3H3,(H,15,16). The van der Waals surface area contributed by atoms with Gasteiger partial charge in [-0.1, -0.05) is 5.16 Å². The Hall–Kier alpha value is -1.82. The predicted octanol–water partition coefficient (Wildman–Crippen LogP) is 2.37. The first-order valence-electron chi connectivity index (χ1n) is 6.97. The average molecular weight is 278 g/mol. The number of hydrogen-bond donors (Lipinski definition) is 1. The Bertz CT molecular complexity index is 514. The fourth-order valence-electron chi connectivity index (χ4n) is 2.02. The topological polar surface area (TPSA) is 65.1 Å². The second-order valence-electron chi connectivity index (χ2n) is 4.66. The molecule has 0 amide bonds. The van der Waals surface area contributed by atoms with E-state index in [-0.39, 0.29) is 0 Å². The van der Waals surface area contributed by atoms with Gasteiger partial charge in [0.25, 0.3) is 0 Å². The number of aromatic nitrogens is 3. The third-order valence-corrected chi connectivity index (χ3v) is 3.18. The molecule has 2 heterocycles. The largest absolute Gasteiger partial charge is 0.382 e. The third-order valence-electron chi connectivity index (χ3n) is 3.18. The van der Waals surface area contributed by atoms with Crippen LogP contribution in [-0.2, 0) is 11.3 Å². The van der Waals surface area contributed by atoms with E-state index >= 15 is 0 Å². The van der Waals surface area contributed by atoms with Crippen LogP contribution in [0, 0.1) is 13.8 Å². The lowest BCUT2D eigenvalue weighted by molar-refractivity contribution is 0.147. The van der Waals surface area contributed by atoms with Crippen LogP contribution < -0.4 is 5.32 Å². The molecule has 0 radical (unpaired) electrons. The molecule has 0 fully saturated rings. The van der Waals surface area contributed by atoms with Gasteiger partial charge >= 0.3 is 0 Å².